The summed E-state index contributed by atoms with van der Waals surface area (Å²) in [6.07, 6.45) is 6.17. The Balaban J connectivity index is 2.01. The van der Waals surface area contributed by atoms with Crippen LogP contribution in [0.2, 0.25) is 0 Å². The first kappa shape index (κ1) is 13.2. The molecule has 1 aromatic heterocycles. The Bertz CT molecular complexity index is 612. The van der Waals surface area contributed by atoms with Gasteiger partial charge in [0, 0.05) is 18.5 Å². The molecule has 1 saturated carbocycles. The lowest BCUT2D eigenvalue weighted by Crippen LogP contribution is -2.11. The van der Waals surface area contributed by atoms with E-state index in [1.165, 1.54) is 44.2 Å². The Hall–Kier alpha value is -1.84. The molecule has 0 radical (unpaired) electrons. The highest BCUT2D eigenvalue weighted by Gasteiger charge is 2.23. The molecule has 106 valence electrons. The zero-order chi connectivity index (χ0) is 14.1. The normalized spacial score (nSPS) is 16.5. The molecular weight excluding hydrogens is 253 g/mol. The van der Waals surface area contributed by atoms with Crippen LogP contribution < -0.4 is 5.73 Å². The third kappa shape index (κ3) is 2.30. The Morgan fingerprint density at radius 3 is 2.70 bits per heavy atom. The van der Waals surface area contributed by atoms with Crippen LogP contribution in [0, 0.1) is 5.82 Å². The summed E-state index contributed by atoms with van der Waals surface area (Å²) in [5.41, 5.74) is 7.62. The summed E-state index contributed by atoms with van der Waals surface area (Å²) in [5, 5.41) is 0. The lowest BCUT2D eigenvalue weighted by Gasteiger charge is -2.21. The second-order valence-electron chi connectivity index (χ2n) is 5.61. The summed E-state index contributed by atoms with van der Waals surface area (Å²) in [7, 11) is 1.95. The largest absolute Gasteiger partial charge is 0.383 e. The van der Waals surface area contributed by atoms with Crippen molar-refractivity contribution in [3.05, 3.63) is 35.9 Å². The minimum absolute atomic E-state index is 0.258. The minimum atomic E-state index is -0.258. The number of nitrogen functional groups attached to an aromatic ring is 1. The number of aromatic nitrogens is 2. The molecule has 2 aromatic rings. The van der Waals surface area contributed by atoms with Crippen LogP contribution in [0.15, 0.2) is 24.3 Å². The summed E-state index contributed by atoms with van der Waals surface area (Å²) in [6, 6.07) is 6.47. The predicted octanol–water partition coefficient (Wildman–Crippen LogP) is 3.86. The molecule has 1 aromatic carbocycles. The summed E-state index contributed by atoms with van der Waals surface area (Å²) >= 11 is 0. The van der Waals surface area contributed by atoms with Gasteiger partial charge in [-0.25, -0.2) is 9.37 Å². The van der Waals surface area contributed by atoms with E-state index in [1.807, 2.05) is 17.7 Å². The summed E-state index contributed by atoms with van der Waals surface area (Å²) in [6.45, 7) is 0. The smallest absolute Gasteiger partial charge is 0.131 e. The van der Waals surface area contributed by atoms with Crippen molar-refractivity contribution in [2.45, 2.75) is 38.0 Å². The van der Waals surface area contributed by atoms with Crippen LogP contribution in [0.4, 0.5) is 10.2 Å². The molecule has 0 saturated heterocycles. The van der Waals surface area contributed by atoms with Gasteiger partial charge in [-0.05, 0) is 25.0 Å². The lowest BCUT2D eigenvalue weighted by molar-refractivity contribution is 0.422. The summed E-state index contributed by atoms with van der Waals surface area (Å²) in [4.78, 5) is 4.72. The van der Waals surface area contributed by atoms with Gasteiger partial charge in [-0.1, -0.05) is 31.4 Å². The van der Waals surface area contributed by atoms with Crippen LogP contribution >= 0.6 is 0 Å². The highest BCUT2D eigenvalue weighted by Crippen LogP contribution is 2.35. The molecule has 0 bridgehead atoms. The number of rotatable bonds is 2. The maximum absolute atomic E-state index is 13.4. The molecule has 0 amide bonds. The van der Waals surface area contributed by atoms with Crippen LogP contribution in [0.25, 0.3) is 11.3 Å². The predicted molar refractivity (Wildman–Crippen MR) is 78.8 cm³/mol. The fraction of sp³-hybridized carbons (Fsp3) is 0.438. The average molecular weight is 273 g/mol. The number of nitrogens with two attached hydrogens (primary N) is 1. The standard InChI is InChI=1S/C16H20FN3/c1-20-15(18)14(12-8-5-9-13(17)10-12)19-16(20)11-6-3-2-4-7-11/h5,8-11H,2-4,6-7,18H2,1H3. The van der Waals surface area contributed by atoms with Gasteiger partial charge in [-0.15, -0.1) is 0 Å². The molecule has 1 heterocycles. The van der Waals surface area contributed by atoms with Gasteiger partial charge in [0.05, 0.1) is 0 Å². The van der Waals surface area contributed by atoms with Crippen molar-refractivity contribution in [1.29, 1.82) is 0 Å². The van der Waals surface area contributed by atoms with E-state index < -0.39 is 0 Å². The van der Waals surface area contributed by atoms with E-state index in [4.69, 9.17) is 10.7 Å². The first-order valence-electron chi connectivity index (χ1n) is 7.25. The molecule has 2 N–H and O–H groups in total. The Labute approximate surface area is 118 Å². The van der Waals surface area contributed by atoms with Crippen LogP contribution in [-0.2, 0) is 7.05 Å². The van der Waals surface area contributed by atoms with Crippen molar-refractivity contribution in [3.8, 4) is 11.3 Å². The molecule has 1 fully saturated rings. The zero-order valence-corrected chi connectivity index (χ0v) is 11.8. The molecule has 0 spiro atoms. The molecule has 3 nitrogen and oxygen atoms in total. The quantitative estimate of drug-likeness (QED) is 0.903. The second-order valence-corrected chi connectivity index (χ2v) is 5.61. The molecule has 3 rings (SSSR count). The molecule has 0 aliphatic heterocycles. The molecule has 4 heteroatoms. The van der Waals surface area contributed by atoms with Gasteiger partial charge in [0.15, 0.2) is 0 Å². The van der Waals surface area contributed by atoms with E-state index in [0.29, 0.717) is 17.4 Å². The highest BCUT2D eigenvalue weighted by atomic mass is 19.1. The fourth-order valence-corrected chi connectivity index (χ4v) is 3.10. The topological polar surface area (TPSA) is 43.8 Å². The van der Waals surface area contributed by atoms with E-state index in [2.05, 4.69) is 0 Å². The van der Waals surface area contributed by atoms with Crippen molar-refractivity contribution in [3.63, 3.8) is 0 Å². The number of imidazole rings is 1. The fourth-order valence-electron chi connectivity index (χ4n) is 3.10. The summed E-state index contributed by atoms with van der Waals surface area (Å²) < 4.78 is 15.3. The first-order chi connectivity index (χ1) is 9.66. The molecule has 0 unspecified atom stereocenters. The average Bonchev–Trinajstić information content (AvgIpc) is 2.76. The SMILES string of the molecule is Cn1c(C2CCCCC2)nc(-c2cccc(F)c2)c1N. The number of halogens is 1. The Morgan fingerprint density at radius 2 is 2.00 bits per heavy atom. The highest BCUT2D eigenvalue weighted by molar-refractivity contribution is 5.71. The zero-order valence-electron chi connectivity index (χ0n) is 11.8. The first-order valence-corrected chi connectivity index (χ1v) is 7.25. The van der Waals surface area contributed by atoms with Crippen molar-refractivity contribution < 1.29 is 4.39 Å². The molecule has 20 heavy (non-hydrogen) atoms. The van der Waals surface area contributed by atoms with Crippen molar-refractivity contribution >= 4 is 5.82 Å². The van der Waals surface area contributed by atoms with Crippen LogP contribution in [0.3, 0.4) is 0 Å². The van der Waals surface area contributed by atoms with Gasteiger partial charge < -0.3 is 10.3 Å². The van der Waals surface area contributed by atoms with E-state index in [9.17, 15) is 4.39 Å². The molecule has 0 atom stereocenters. The van der Waals surface area contributed by atoms with Gasteiger partial charge in [0.2, 0.25) is 0 Å². The maximum Gasteiger partial charge on any atom is 0.131 e. The Morgan fingerprint density at radius 1 is 1.25 bits per heavy atom. The minimum Gasteiger partial charge on any atom is -0.383 e. The molecular formula is C16H20FN3. The van der Waals surface area contributed by atoms with Crippen molar-refractivity contribution in [2.24, 2.45) is 7.05 Å². The van der Waals surface area contributed by atoms with Gasteiger partial charge in [-0.2, -0.15) is 0 Å². The number of hydrogen-bond acceptors (Lipinski definition) is 2. The maximum atomic E-state index is 13.4. The van der Waals surface area contributed by atoms with Crippen molar-refractivity contribution in [2.75, 3.05) is 5.73 Å². The van der Waals surface area contributed by atoms with Gasteiger partial charge in [0.1, 0.15) is 23.2 Å². The lowest BCUT2D eigenvalue weighted by atomic mass is 9.89. The van der Waals surface area contributed by atoms with E-state index in [1.54, 1.807) is 6.07 Å². The van der Waals surface area contributed by atoms with Crippen LogP contribution in [-0.4, -0.2) is 9.55 Å². The van der Waals surface area contributed by atoms with Crippen LogP contribution in [0.5, 0.6) is 0 Å². The number of hydrogen-bond donors (Lipinski definition) is 1. The summed E-state index contributed by atoms with van der Waals surface area (Å²) in [5.74, 6) is 1.89. The third-order valence-electron chi connectivity index (χ3n) is 4.24. The van der Waals surface area contributed by atoms with E-state index in [0.717, 1.165) is 11.4 Å². The van der Waals surface area contributed by atoms with Crippen LogP contribution in [0.1, 0.15) is 43.8 Å². The van der Waals surface area contributed by atoms with E-state index in [-0.39, 0.29) is 5.82 Å². The number of benzene rings is 1. The van der Waals surface area contributed by atoms with Gasteiger partial charge in [0.25, 0.3) is 0 Å². The Kier molecular flexibility index (Phi) is 3.47. The van der Waals surface area contributed by atoms with E-state index >= 15 is 0 Å². The monoisotopic (exact) mass is 273 g/mol. The molecule has 1 aliphatic carbocycles. The second kappa shape index (κ2) is 5.27. The van der Waals surface area contributed by atoms with Gasteiger partial charge in [-0.3, -0.25) is 0 Å². The van der Waals surface area contributed by atoms with Crippen molar-refractivity contribution in [1.82, 2.24) is 9.55 Å². The molecule has 1 aliphatic rings. The van der Waals surface area contributed by atoms with Gasteiger partial charge >= 0.3 is 0 Å². The number of nitrogens with zero attached hydrogens (tertiary/aromatic N) is 2. The number of anilines is 1. The third-order valence-corrected chi connectivity index (χ3v) is 4.24.